The molecule has 0 aliphatic carbocycles. The predicted molar refractivity (Wildman–Crippen MR) is 74.8 cm³/mol. The molecule has 0 radical (unpaired) electrons. The molecule has 0 amide bonds. The van der Waals surface area contributed by atoms with Crippen molar-refractivity contribution in [1.29, 1.82) is 0 Å². The molecule has 0 aliphatic heterocycles. The van der Waals surface area contributed by atoms with Gasteiger partial charge in [0.1, 0.15) is 0 Å². The van der Waals surface area contributed by atoms with Gasteiger partial charge in [0.15, 0.2) is 5.76 Å². The predicted octanol–water partition coefficient (Wildman–Crippen LogP) is 3.75. The van der Waals surface area contributed by atoms with Gasteiger partial charge in [-0.05, 0) is 24.3 Å². The Morgan fingerprint density at radius 2 is 1.63 bits per heavy atom. The number of rotatable bonds is 2. The summed E-state index contributed by atoms with van der Waals surface area (Å²) in [5.41, 5.74) is 1.59. The Bertz CT molecular complexity index is 742. The van der Waals surface area contributed by atoms with Gasteiger partial charge in [0.05, 0.1) is 11.9 Å². The molecule has 3 nitrogen and oxygen atoms in total. The first-order chi connectivity index (χ1) is 9.24. The van der Waals surface area contributed by atoms with E-state index in [9.17, 15) is 4.79 Å². The lowest BCUT2D eigenvalue weighted by molar-refractivity contribution is 0.516. The van der Waals surface area contributed by atoms with Gasteiger partial charge in [0.2, 0.25) is 0 Å². The average molecular weight is 272 g/mol. The first-order valence-corrected chi connectivity index (χ1v) is 6.16. The highest BCUT2D eigenvalue weighted by atomic mass is 35.5. The lowest BCUT2D eigenvalue weighted by atomic mass is 10.2. The molecule has 0 spiro atoms. The Morgan fingerprint density at radius 3 is 2.32 bits per heavy atom. The highest BCUT2D eigenvalue weighted by Crippen LogP contribution is 2.19. The molecule has 0 aliphatic rings. The topological polar surface area (TPSA) is 35.1 Å². The summed E-state index contributed by atoms with van der Waals surface area (Å²) in [6.07, 6.45) is 1.68. The second-order valence-electron chi connectivity index (χ2n) is 4.07. The van der Waals surface area contributed by atoms with Crippen LogP contribution in [0.1, 0.15) is 0 Å². The molecule has 0 saturated heterocycles. The van der Waals surface area contributed by atoms with Crippen molar-refractivity contribution in [2.75, 3.05) is 0 Å². The van der Waals surface area contributed by atoms with Gasteiger partial charge in [0, 0.05) is 10.6 Å². The van der Waals surface area contributed by atoms with E-state index >= 15 is 0 Å². The first-order valence-electron chi connectivity index (χ1n) is 5.78. The van der Waals surface area contributed by atoms with Crippen LogP contribution in [-0.4, -0.2) is 4.57 Å². The van der Waals surface area contributed by atoms with Crippen LogP contribution in [0, 0.1) is 0 Å². The third-order valence-corrected chi connectivity index (χ3v) is 3.06. The normalized spacial score (nSPS) is 10.6. The van der Waals surface area contributed by atoms with Gasteiger partial charge < -0.3 is 4.42 Å². The average Bonchev–Trinajstić information content (AvgIpc) is 2.83. The summed E-state index contributed by atoms with van der Waals surface area (Å²) in [7, 11) is 0. The van der Waals surface area contributed by atoms with Crippen LogP contribution in [0.5, 0.6) is 0 Å². The summed E-state index contributed by atoms with van der Waals surface area (Å²) in [5, 5.41) is 0.628. The summed E-state index contributed by atoms with van der Waals surface area (Å²) < 4.78 is 6.72. The molecule has 2 aromatic carbocycles. The van der Waals surface area contributed by atoms with Crippen molar-refractivity contribution in [3.05, 3.63) is 76.4 Å². The van der Waals surface area contributed by atoms with E-state index in [-0.39, 0.29) is 0 Å². The molecule has 0 bridgehead atoms. The van der Waals surface area contributed by atoms with E-state index in [0.717, 1.165) is 11.3 Å². The van der Waals surface area contributed by atoms with E-state index < -0.39 is 5.76 Å². The first kappa shape index (κ1) is 11.8. The van der Waals surface area contributed by atoms with Crippen LogP contribution in [0.2, 0.25) is 5.02 Å². The molecule has 94 valence electrons. The largest absolute Gasteiger partial charge is 0.424 e. The second kappa shape index (κ2) is 4.78. The summed E-state index contributed by atoms with van der Waals surface area (Å²) >= 11 is 5.83. The fourth-order valence-electron chi connectivity index (χ4n) is 1.86. The smallest absolute Gasteiger partial charge is 0.407 e. The van der Waals surface area contributed by atoms with Crippen LogP contribution in [0.15, 0.2) is 70.0 Å². The number of benzene rings is 2. The van der Waals surface area contributed by atoms with Crippen LogP contribution in [0.4, 0.5) is 0 Å². The van der Waals surface area contributed by atoms with E-state index in [0.29, 0.717) is 10.8 Å². The van der Waals surface area contributed by atoms with Crippen LogP contribution in [0.25, 0.3) is 17.0 Å². The molecule has 1 aromatic heterocycles. The van der Waals surface area contributed by atoms with Crippen molar-refractivity contribution in [1.82, 2.24) is 4.57 Å². The Morgan fingerprint density at radius 1 is 0.947 bits per heavy atom. The highest BCUT2D eigenvalue weighted by molar-refractivity contribution is 6.30. The number of aromatic nitrogens is 1. The minimum atomic E-state index is -0.416. The van der Waals surface area contributed by atoms with E-state index in [2.05, 4.69) is 0 Å². The fraction of sp³-hybridized carbons (Fsp3) is 0. The molecule has 3 rings (SSSR count). The molecular weight excluding hydrogens is 262 g/mol. The van der Waals surface area contributed by atoms with E-state index in [4.69, 9.17) is 16.0 Å². The minimum absolute atomic E-state index is 0.416. The zero-order chi connectivity index (χ0) is 13.2. The number of nitrogens with zero attached hydrogens (tertiary/aromatic N) is 1. The molecule has 0 fully saturated rings. The van der Waals surface area contributed by atoms with E-state index in [1.807, 2.05) is 30.3 Å². The fourth-order valence-corrected chi connectivity index (χ4v) is 1.98. The molecule has 19 heavy (non-hydrogen) atoms. The second-order valence-corrected chi connectivity index (χ2v) is 4.51. The molecule has 1 heterocycles. The van der Waals surface area contributed by atoms with Gasteiger partial charge in [0.25, 0.3) is 0 Å². The number of halogens is 1. The standard InChI is InChI=1S/C15H10ClNO2/c16-12-6-8-13(9-7-12)17-10-14(19-15(17)18)11-4-2-1-3-5-11/h1-10H. The Hall–Kier alpha value is -2.26. The molecule has 3 aromatic rings. The molecule has 0 unspecified atom stereocenters. The summed E-state index contributed by atoms with van der Waals surface area (Å²) in [6, 6.07) is 16.5. The summed E-state index contributed by atoms with van der Waals surface area (Å²) in [5.74, 6) is 0.127. The van der Waals surface area contributed by atoms with Gasteiger partial charge in [-0.3, -0.25) is 0 Å². The van der Waals surface area contributed by atoms with Crippen LogP contribution >= 0.6 is 11.6 Å². The molecular formula is C15H10ClNO2. The Balaban J connectivity index is 2.08. The van der Waals surface area contributed by atoms with Crippen molar-refractivity contribution in [2.45, 2.75) is 0 Å². The van der Waals surface area contributed by atoms with Gasteiger partial charge in [-0.2, -0.15) is 0 Å². The van der Waals surface area contributed by atoms with Gasteiger partial charge in [-0.25, -0.2) is 9.36 Å². The van der Waals surface area contributed by atoms with Crippen molar-refractivity contribution >= 4 is 11.6 Å². The van der Waals surface area contributed by atoms with Crippen molar-refractivity contribution < 1.29 is 4.42 Å². The molecule has 0 atom stereocenters. The van der Waals surface area contributed by atoms with E-state index in [1.54, 1.807) is 30.5 Å². The monoisotopic (exact) mass is 271 g/mol. The molecule has 0 N–H and O–H groups in total. The van der Waals surface area contributed by atoms with Crippen LogP contribution in [0.3, 0.4) is 0 Å². The lowest BCUT2D eigenvalue weighted by Gasteiger charge is -1.98. The maximum Gasteiger partial charge on any atom is 0.424 e. The third kappa shape index (κ3) is 2.33. The maximum absolute atomic E-state index is 11.9. The lowest BCUT2D eigenvalue weighted by Crippen LogP contribution is -2.10. The number of hydrogen-bond acceptors (Lipinski definition) is 2. The van der Waals surface area contributed by atoms with Crippen molar-refractivity contribution in [2.24, 2.45) is 0 Å². The third-order valence-electron chi connectivity index (χ3n) is 2.80. The SMILES string of the molecule is O=c1oc(-c2ccccc2)cn1-c1ccc(Cl)cc1. The molecule has 0 saturated carbocycles. The van der Waals surface area contributed by atoms with Crippen molar-refractivity contribution in [3.8, 4) is 17.0 Å². The molecule has 4 heteroatoms. The van der Waals surface area contributed by atoms with Crippen molar-refractivity contribution in [3.63, 3.8) is 0 Å². The quantitative estimate of drug-likeness (QED) is 0.711. The number of hydrogen-bond donors (Lipinski definition) is 0. The Kier molecular flexibility index (Phi) is 2.97. The zero-order valence-corrected chi connectivity index (χ0v) is 10.7. The zero-order valence-electron chi connectivity index (χ0n) is 9.92. The highest BCUT2D eigenvalue weighted by Gasteiger charge is 2.09. The van der Waals surface area contributed by atoms with Crippen LogP contribution in [-0.2, 0) is 0 Å². The number of oxazole rings is 1. The maximum atomic E-state index is 11.9. The Labute approximate surface area is 114 Å². The van der Waals surface area contributed by atoms with Gasteiger partial charge in [-0.1, -0.05) is 41.9 Å². The summed E-state index contributed by atoms with van der Waals surface area (Å²) in [6.45, 7) is 0. The van der Waals surface area contributed by atoms with Gasteiger partial charge >= 0.3 is 5.76 Å². The summed E-state index contributed by atoms with van der Waals surface area (Å²) in [4.78, 5) is 11.9. The van der Waals surface area contributed by atoms with Crippen LogP contribution < -0.4 is 5.76 Å². The van der Waals surface area contributed by atoms with Gasteiger partial charge in [-0.15, -0.1) is 0 Å². The minimum Gasteiger partial charge on any atom is -0.407 e. The van der Waals surface area contributed by atoms with E-state index in [1.165, 1.54) is 4.57 Å².